The molecule has 4 nitrogen and oxygen atoms in total. The van der Waals surface area contributed by atoms with E-state index in [4.69, 9.17) is 9.52 Å². The Morgan fingerprint density at radius 3 is 3.12 bits per heavy atom. The van der Waals surface area contributed by atoms with Gasteiger partial charge in [-0.2, -0.15) is 0 Å². The van der Waals surface area contributed by atoms with Gasteiger partial charge in [-0.25, -0.2) is 0 Å². The summed E-state index contributed by atoms with van der Waals surface area (Å²) in [5, 5.41) is 9.15. The van der Waals surface area contributed by atoms with Gasteiger partial charge in [0, 0.05) is 0 Å². The lowest BCUT2D eigenvalue weighted by molar-refractivity contribution is -0.143. The fraction of sp³-hybridized carbons (Fsp3) is 0.583. The number of aliphatic carboxylic acids is 1. The second-order valence-electron chi connectivity index (χ2n) is 4.17. The monoisotopic (exact) mass is 223 g/mol. The number of hydrogen-bond acceptors (Lipinski definition) is 3. The van der Waals surface area contributed by atoms with E-state index in [1.165, 1.54) is 0 Å². The normalized spacial score (nSPS) is 23.4. The molecule has 1 N–H and O–H groups in total. The topological polar surface area (TPSA) is 53.7 Å². The Hall–Kier alpha value is -1.29. The zero-order valence-electron chi connectivity index (χ0n) is 9.43. The van der Waals surface area contributed by atoms with Gasteiger partial charge in [-0.1, -0.05) is 6.92 Å². The van der Waals surface area contributed by atoms with Crippen molar-refractivity contribution in [2.24, 2.45) is 0 Å². The van der Waals surface area contributed by atoms with Crippen molar-refractivity contribution < 1.29 is 14.3 Å². The maximum Gasteiger partial charge on any atom is 0.320 e. The van der Waals surface area contributed by atoms with Gasteiger partial charge in [0.15, 0.2) is 0 Å². The number of rotatable bonds is 4. The molecule has 2 heterocycles. The van der Waals surface area contributed by atoms with E-state index >= 15 is 0 Å². The molecule has 0 radical (unpaired) electrons. The summed E-state index contributed by atoms with van der Waals surface area (Å²) < 4.78 is 5.39. The summed E-state index contributed by atoms with van der Waals surface area (Å²) >= 11 is 0. The molecule has 1 saturated heterocycles. The van der Waals surface area contributed by atoms with E-state index < -0.39 is 5.97 Å². The Labute approximate surface area is 94.9 Å². The maximum atomic E-state index is 11.1. The minimum Gasteiger partial charge on any atom is -0.480 e. The fourth-order valence-corrected chi connectivity index (χ4v) is 2.51. The van der Waals surface area contributed by atoms with Crippen LogP contribution >= 0.6 is 0 Å². The summed E-state index contributed by atoms with van der Waals surface area (Å²) in [5.41, 5.74) is 0. The van der Waals surface area contributed by atoms with E-state index in [2.05, 4.69) is 6.92 Å². The van der Waals surface area contributed by atoms with E-state index in [9.17, 15) is 4.79 Å². The van der Waals surface area contributed by atoms with Crippen LogP contribution in [0.2, 0.25) is 0 Å². The molecule has 1 fully saturated rings. The van der Waals surface area contributed by atoms with Crippen LogP contribution in [0.4, 0.5) is 0 Å². The highest BCUT2D eigenvalue weighted by molar-refractivity contribution is 5.73. The van der Waals surface area contributed by atoms with Gasteiger partial charge in [-0.3, -0.25) is 9.69 Å². The van der Waals surface area contributed by atoms with Crippen molar-refractivity contribution in [2.45, 2.75) is 38.3 Å². The van der Waals surface area contributed by atoms with Crippen molar-refractivity contribution in [3.05, 3.63) is 24.2 Å². The summed E-state index contributed by atoms with van der Waals surface area (Å²) in [4.78, 5) is 13.2. The maximum absolute atomic E-state index is 11.1. The van der Waals surface area contributed by atoms with Crippen molar-refractivity contribution in [3.8, 4) is 0 Å². The van der Waals surface area contributed by atoms with Gasteiger partial charge in [-0.15, -0.1) is 0 Å². The van der Waals surface area contributed by atoms with E-state index in [0.29, 0.717) is 0 Å². The average Bonchev–Trinajstić information content (AvgIpc) is 2.88. The molecule has 88 valence electrons. The number of carboxylic acids is 1. The van der Waals surface area contributed by atoms with Crippen LogP contribution in [0.5, 0.6) is 0 Å². The molecule has 4 heteroatoms. The van der Waals surface area contributed by atoms with Crippen LogP contribution < -0.4 is 0 Å². The van der Waals surface area contributed by atoms with Crippen LogP contribution in [0.3, 0.4) is 0 Å². The third-order valence-corrected chi connectivity index (χ3v) is 3.24. The Bertz CT molecular complexity index is 347. The average molecular weight is 223 g/mol. The zero-order valence-corrected chi connectivity index (χ0v) is 9.43. The van der Waals surface area contributed by atoms with Gasteiger partial charge in [0.2, 0.25) is 0 Å². The molecule has 2 unspecified atom stereocenters. The lowest BCUT2D eigenvalue weighted by Crippen LogP contribution is -2.38. The second kappa shape index (κ2) is 4.70. The molecule has 0 saturated carbocycles. The molecule has 2 atom stereocenters. The molecule has 0 spiro atoms. The van der Waals surface area contributed by atoms with Crippen LogP contribution in [-0.2, 0) is 4.79 Å². The quantitative estimate of drug-likeness (QED) is 0.850. The lowest BCUT2D eigenvalue weighted by atomic mass is 10.1. The zero-order chi connectivity index (χ0) is 11.5. The SMILES string of the molecule is CCC(c1ccco1)N1CCCC1C(=O)O. The number of furan rings is 1. The first-order valence-corrected chi connectivity index (χ1v) is 5.76. The summed E-state index contributed by atoms with van der Waals surface area (Å²) in [7, 11) is 0. The smallest absolute Gasteiger partial charge is 0.320 e. The van der Waals surface area contributed by atoms with Gasteiger partial charge in [0.1, 0.15) is 11.8 Å². The molecule has 2 rings (SSSR count). The third-order valence-electron chi connectivity index (χ3n) is 3.24. The lowest BCUT2D eigenvalue weighted by Gasteiger charge is -2.28. The number of carboxylic acid groups (broad SMARTS) is 1. The minimum atomic E-state index is -0.720. The van der Waals surface area contributed by atoms with E-state index in [1.54, 1.807) is 6.26 Å². The van der Waals surface area contributed by atoms with Gasteiger partial charge < -0.3 is 9.52 Å². The molecular weight excluding hydrogens is 206 g/mol. The Morgan fingerprint density at radius 1 is 1.75 bits per heavy atom. The highest BCUT2D eigenvalue weighted by Gasteiger charge is 2.36. The van der Waals surface area contributed by atoms with Crippen LogP contribution in [0.25, 0.3) is 0 Å². The van der Waals surface area contributed by atoms with E-state index in [0.717, 1.165) is 31.6 Å². The molecule has 0 bridgehead atoms. The number of hydrogen-bond donors (Lipinski definition) is 1. The molecule has 1 aliphatic rings. The number of likely N-dealkylation sites (tertiary alicyclic amines) is 1. The molecule has 16 heavy (non-hydrogen) atoms. The van der Waals surface area contributed by atoms with Crippen molar-refractivity contribution in [1.82, 2.24) is 4.90 Å². The molecule has 0 aliphatic carbocycles. The Morgan fingerprint density at radius 2 is 2.56 bits per heavy atom. The van der Waals surface area contributed by atoms with Gasteiger partial charge in [0.05, 0.1) is 12.3 Å². The predicted octanol–water partition coefficient (Wildman–Crippen LogP) is 2.28. The Balaban J connectivity index is 2.18. The predicted molar refractivity (Wildman–Crippen MR) is 59.1 cm³/mol. The summed E-state index contributed by atoms with van der Waals surface area (Å²) in [5.74, 6) is 0.151. The second-order valence-corrected chi connectivity index (χ2v) is 4.17. The van der Waals surface area contributed by atoms with Crippen LogP contribution in [-0.4, -0.2) is 28.6 Å². The fourth-order valence-electron chi connectivity index (χ4n) is 2.51. The molecule has 1 aromatic heterocycles. The minimum absolute atomic E-state index is 0.0959. The number of nitrogens with zero attached hydrogens (tertiary/aromatic N) is 1. The molecule has 1 aromatic rings. The molecule has 0 aromatic carbocycles. The van der Waals surface area contributed by atoms with Gasteiger partial charge in [0.25, 0.3) is 0 Å². The van der Waals surface area contributed by atoms with Crippen LogP contribution in [0.15, 0.2) is 22.8 Å². The first kappa shape index (κ1) is 11.2. The highest BCUT2D eigenvalue weighted by atomic mass is 16.4. The van der Waals surface area contributed by atoms with E-state index in [1.807, 2.05) is 17.0 Å². The van der Waals surface area contributed by atoms with Crippen molar-refractivity contribution in [2.75, 3.05) is 6.54 Å². The molecule has 0 amide bonds. The summed E-state index contributed by atoms with van der Waals surface area (Å²) in [6.07, 6.45) is 4.21. The van der Waals surface area contributed by atoms with E-state index in [-0.39, 0.29) is 12.1 Å². The first-order valence-electron chi connectivity index (χ1n) is 5.76. The highest BCUT2D eigenvalue weighted by Crippen LogP contribution is 2.31. The van der Waals surface area contributed by atoms with Crippen molar-refractivity contribution >= 4 is 5.97 Å². The summed E-state index contributed by atoms with van der Waals surface area (Å²) in [6, 6.07) is 3.52. The van der Waals surface area contributed by atoms with Gasteiger partial charge in [-0.05, 0) is 37.9 Å². The molecular formula is C12H17NO3. The van der Waals surface area contributed by atoms with Crippen molar-refractivity contribution in [3.63, 3.8) is 0 Å². The first-order chi connectivity index (χ1) is 7.74. The largest absolute Gasteiger partial charge is 0.480 e. The van der Waals surface area contributed by atoms with Gasteiger partial charge >= 0.3 is 5.97 Å². The summed E-state index contributed by atoms with van der Waals surface area (Å²) in [6.45, 7) is 2.90. The van der Waals surface area contributed by atoms with Crippen LogP contribution in [0, 0.1) is 0 Å². The number of carbonyl (C=O) groups is 1. The molecule has 1 aliphatic heterocycles. The standard InChI is InChI=1S/C12H17NO3/c1-2-9(11-6-4-8-16-11)13-7-3-5-10(13)12(14)15/h4,6,8-10H,2-3,5,7H2,1H3,(H,14,15). The van der Waals surface area contributed by atoms with Crippen molar-refractivity contribution in [1.29, 1.82) is 0 Å². The Kier molecular flexibility index (Phi) is 3.29. The third kappa shape index (κ3) is 1.97. The van der Waals surface area contributed by atoms with Crippen LogP contribution in [0.1, 0.15) is 38.0 Å².